The smallest absolute Gasteiger partial charge is 0.332 e. The third kappa shape index (κ3) is 4.03. The Bertz CT molecular complexity index is 341. The van der Waals surface area contributed by atoms with Crippen molar-refractivity contribution in [1.29, 1.82) is 0 Å². The van der Waals surface area contributed by atoms with Crippen molar-refractivity contribution in [2.75, 3.05) is 0 Å². The second-order valence-corrected chi connectivity index (χ2v) is 4.47. The van der Waals surface area contributed by atoms with Crippen LogP contribution in [0.5, 0.6) is 0 Å². The average Bonchev–Trinajstić information content (AvgIpc) is 2.20. The van der Waals surface area contributed by atoms with Crippen molar-refractivity contribution < 1.29 is 15.0 Å². The second-order valence-electron chi connectivity index (χ2n) is 4.47. The van der Waals surface area contributed by atoms with Gasteiger partial charge in [-0.2, -0.15) is 0 Å². The summed E-state index contributed by atoms with van der Waals surface area (Å²) >= 11 is 0. The highest BCUT2D eigenvalue weighted by Gasteiger charge is 2.13. The molecule has 1 atom stereocenters. The summed E-state index contributed by atoms with van der Waals surface area (Å²) in [6, 6.07) is 7.74. The molecule has 1 aromatic rings. The Morgan fingerprint density at radius 2 is 1.56 bits per heavy atom. The third-order valence-corrected chi connectivity index (χ3v) is 2.38. The highest BCUT2D eigenvalue weighted by Crippen LogP contribution is 2.11. The van der Waals surface area contributed by atoms with Crippen LogP contribution in [-0.4, -0.2) is 22.3 Å². The van der Waals surface area contributed by atoms with Crippen molar-refractivity contribution >= 4 is 5.97 Å². The summed E-state index contributed by atoms with van der Waals surface area (Å²) in [5.41, 5.74) is 2.09. The number of benzene rings is 1. The van der Waals surface area contributed by atoms with Gasteiger partial charge in [0.25, 0.3) is 0 Å². The fourth-order valence-electron chi connectivity index (χ4n) is 1.59. The molecule has 0 aliphatic carbocycles. The lowest BCUT2D eigenvalue weighted by Crippen LogP contribution is -2.21. The monoisotopic (exact) mass is 222 g/mol. The molecule has 1 unspecified atom stereocenters. The zero-order valence-corrected chi connectivity index (χ0v) is 9.68. The molecule has 0 saturated heterocycles. The van der Waals surface area contributed by atoms with Gasteiger partial charge in [0.2, 0.25) is 0 Å². The maximum absolute atomic E-state index is 10.5. The zero-order chi connectivity index (χ0) is 12.1. The molecule has 0 radical (unpaired) electrons. The maximum Gasteiger partial charge on any atom is 0.332 e. The normalized spacial score (nSPS) is 12.8. The maximum atomic E-state index is 10.5. The fraction of sp³-hybridized carbons (Fsp3) is 0.462. The van der Waals surface area contributed by atoms with E-state index in [9.17, 15) is 9.90 Å². The molecule has 1 rings (SSSR count). The van der Waals surface area contributed by atoms with Crippen LogP contribution in [0.25, 0.3) is 0 Å². The van der Waals surface area contributed by atoms with Gasteiger partial charge in [0, 0.05) is 6.42 Å². The van der Waals surface area contributed by atoms with E-state index in [1.807, 2.05) is 24.3 Å². The molecule has 0 saturated carbocycles. The molecule has 0 spiro atoms. The highest BCUT2D eigenvalue weighted by molar-refractivity contribution is 5.72. The van der Waals surface area contributed by atoms with Gasteiger partial charge in [-0.25, -0.2) is 4.79 Å². The minimum atomic E-state index is -1.31. The quantitative estimate of drug-likeness (QED) is 0.799. The van der Waals surface area contributed by atoms with Gasteiger partial charge in [-0.3, -0.25) is 0 Å². The molecule has 16 heavy (non-hydrogen) atoms. The Hall–Kier alpha value is -1.35. The van der Waals surface area contributed by atoms with Gasteiger partial charge < -0.3 is 10.2 Å². The number of carbonyl (C=O) groups is 1. The minimum Gasteiger partial charge on any atom is -0.479 e. The van der Waals surface area contributed by atoms with E-state index in [0.717, 1.165) is 12.0 Å². The molecule has 0 bridgehead atoms. The van der Waals surface area contributed by atoms with Crippen LogP contribution >= 0.6 is 0 Å². The van der Waals surface area contributed by atoms with Gasteiger partial charge in [-0.1, -0.05) is 38.1 Å². The van der Waals surface area contributed by atoms with Crippen LogP contribution in [0.3, 0.4) is 0 Å². The lowest BCUT2D eigenvalue weighted by molar-refractivity contribution is -0.146. The Morgan fingerprint density at radius 1 is 1.12 bits per heavy atom. The van der Waals surface area contributed by atoms with Gasteiger partial charge in [-0.15, -0.1) is 0 Å². The first kappa shape index (κ1) is 12.7. The third-order valence-electron chi connectivity index (χ3n) is 2.38. The van der Waals surface area contributed by atoms with Crippen molar-refractivity contribution in [1.82, 2.24) is 0 Å². The summed E-state index contributed by atoms with van der Waals surface area (Å²) in [5.74, 6) is -0.568. The Kier molecular flexibility index (Phi) is 4.50. The molecule has 0 aliphatic rings. The van der Waals surface area contributed by atoms with Gasteiger partial charge in [0.1, 0.15) is 0 Å². The van der Waals surface area contributed by atoms with Gasteiger partial charge in [-0.05, 0) is 23.5 Å². The molecular formula is C13H18O3. The molecule has 0 fully saturated rings. The van der Waals surface area contributed by atoms with Gasteiger partial charge in [0.15, 0.2) is 6.10 Å². The van der Waals surface area contributed by atoms with E-state index in [4.69, 9.17) is 5.11 Å². The van der Waals surface area contributed by atoms with E-state index in [1.165, 1.54) is 5.56 Å². The molecule has 0 heterocycles. The van der Waals surface area contributed by atoms with Crippen molar-refractivity contribution in [2.45, 2.75) is 32.8 Å². The van der Waals surface area contributed by atoms with Crippen molar-refractivity contribution in [3.63, 3.8) is 0 Å². The first-order valence-electron chi connectivity index (χ1n) is 5.47. The number of aliphatic hydroxyl groups excluding tert-OH is 1. The number of rotatable bonds is 5. The SMILES string of the molecule is CC(C)Cc1ccc(CC(O)C(=O)O)cc1. The lowest BCUT2D eigenvalue weighted by Gasteiger charge is -2.08. The predicted octanol–water partition coefficient (Wildman–Crippen LogP) is 1.87. The number of aliphatic carboxylic acids is 1. The van der Waals surface area contributed by atoms with E-state index in [1.54, 1.807) is 0 Å². The van der Waals surface area contributed by atoms with E-state index < -0.39 is 12.1 Å². The molecule has 0 aliphatic heterocycles. The number of aliphatic hydroxyl groups is 1. The van der Waals surface area contributed by atoms with Crippen LogP contribution < -0.4 is 0 Å². The number of hydrogen-bond acceptors (Lipinski definition) is 2. The predicted molar refractivity (Wildman–Crippen MR) is 62.3 cm³/mol. The molecular weight excluding hydrogens is 204 g/mol. The molecule has 2 N–H and O–H groups in total. The fourth-order valence-corrected chi connectivity index (χ4v) is 1.59. The molecule has 0 aromatic heterocycles. The second kappa shape index (κ2) is 5.66. The Labute approximate surface area is 95.7 Å². The molecule has 0 amide bonds. The lowest BCUT2D eigenvalue weighted by atomic mass is 10.00. The van der Waals surface area contributed by atoms with Crippen molar-refractivity contribution in [2.24, 2.45) is 5.92 Å². The van der Waals surface area contributed by atoms with E-state index in [0.29, 0.717) is 5.92 Å². The highest BCUT2D eigenvalue weighted by atomic mass is 16.4. The van der Waals surface area contributed by atoms with Crippen LogP contribution in [0.2, 0.25) is 0 Å². The first-order valence-corrected chi connectivity index (χ1v) is 5.47. The molecule has 1 aromatic carbocycles. The first-order chi connectivity index (χ1) is 7.49. The number of carboxylic acid groups (broad SMARTS) is 1. The zero-order valence-electron chi connectivity index (χ0n) is 9.68. The van der Waals surface area contributed by atoms with Gasteiger partial charge >= 0.3 is 5.97 Å². The summed E-state index contributed by atoms with van der Waals surface area (Å²) < 4.78 is 0. The van der Waals surface area contributed by atoms with Crippen LogP contribution in [0.4, 0.5) is 0 Å². The topological polar surface area (TPSA) is 57.5 Å². The molecule has 3 heteroatoms. The van der Waals surface area contributed by atoms with E-state index in [2.05, 4.69) is 13.8 Å². The summed E-state index contributed by atoms with van der Waals surface area (Å²) in [7, 11) is 0. The summed E-state index contributed by atoms with van der Waals surface area (Å²) in [5, 5.41) is 17.8. The average molecular weight is 222 g/mol. The Balaban J connectivity index is 2.61. The van der Waals surface area contributed by atoms with E-state index >= 15 is 0 Å². The number of carboxylic acids is 1. The Morgan fingerprint density at radius 3 is 1.94 bits per heavy atom. The van der Waals surface area contributed by atoms with Crippen LogP contribution in [0, 0.1) is 5.92 Å². The summed E-state index contributed by atoms with van der Waals surface area (Å²) in [4.78, 5) is 10.5. The van der Waals surface area contributed by atoms with Crippen molar-refractivity contribution in [3.05, 3.63) is 35.4 Å². The van der Waals surface area contributed by atoms with E-state index in [-0.39, 0.29) is 6.42 Å². The molecule has 88 valence electrons. The number of hydrogen-bond donors (Lipinski definition) is 2. The molecule has 3 nitrogen and oxygen atoms in total. The van der Waals surface area contributed by atoms with Crippen LogP contribution in [0.15, 0.2) is 24.3 Å². The summed E-state index contributed by atoms with van der Waals surface area (Å²) in [6.07, 6.45) is -0.130. The minimum absolute atomic E-state index is 0.164. The largest absolute Gasteiger partial charge is 0.479 e. The van der Waals surface area contributed by atoms with Crippen LogP contribution in [0.1, 0.15) is 25.0 Å². The van der Waals surface area contributed by atoms with Crippen molar-refractivity contribution in [3.8, 4) is 0 Å². The standard InChI is InChI=1S/C13H18O3/c1-9(2)7-10-3-5-11(6-4-10)8-12(14)13(15)16/h3-6,9,12,14H,7-8H2,1-2H3,(H,15,16). The summed E-state index contributed by atoms with van der Waals surface area (Å²) in [6.45, 7) is 4.31. The van der Waals surface area contributed by atoms with Gasteiger partial charge in [0.05, 0.1) is 0 Å². The van der Waals surface area contributed by atoms with Crippen LogP contribution in [-0.2, 0) is 17.6 Å².